The smallest absolute Gasteiger partial charge is 0.151 e. The molecule has 0 radical (unpaired) electrons. The SMILES string of the molecule is Cc1ccc(N2CCC[C@@H](N(C)Cc3cc(C#N)ccc3F)C2)nn1. The Labute approximate surface area is 147 Å². The second-order valence-electron chi connectivity index (χ2n) is 6.61. The van der Waals surface area contributed by atoms with Crippen molar-refractivity contribution >= 4 is 5.82 Å². The predicted molar refractivity (Wildman–Crippen MR) is 94.6 cm³/mol. The van der Waals surface area contributed by atoms with Gasteiger partial charge in [0.25, 0.3) is 0 Å². The van der Waals surface area contributed by atoms with Crippen molar-refractivity contribution in [1.82, 2.24) is 15.1 Å². The Morgan fingerprint density at radius 3 is 2.88 bits per heavy atom. The van der Waals surface area contributed by atoms with Crippen LogP contribution in [0.25, 0.3) is 0 Å². The number of rotatable bonds is 4. The van der Waals surface area contributed by atoms with Crippen LogP contribution in [-0.4, -0.2) is 41.3 Å². The Morgan fingerprint density at radius 1 is 1.32 bits per heavy atom. The highest BCUT2D eigenvalue weighted by Crippen LogP contribution is 2.22. The van der Waals surface area contributed by atoms with Crippen molar-refractivity contribution in [3.05, 3.63) is 53.0 Å². The molecule has 25 heavy (non-hydrogen) atoms. The number of piperidine rings is 1. The lowest BCUT2D eigenvalue weighted by molar-refractivity contribution is 0.205. The van der Waals surface area contributed by atoms with Crippen LogP contribution in [0.5, 0.6) is 0 Å². The highest BCUT2D eigenvalue weighted by molar-refractivity contribution is 5.38. The number of halogens is 1. The molecule has 0 aliphatic carbocycles. The summed E-state index contributed by atoms with van der Waals surface area (Å²) in [6, 6.07) is 10.9. The summed E-state index contributed by atoms with van der Waals surface area (Å²) in [7, 11) is 2.01. The number of nitriles is 1. The van der Waals surface area contributed by atoms with Gasteiger partial charge in [0.1, 0.15) is 5.82 Å². The summed E-state index contributed by atoms with van der Waals surface area (Å²) in [5, 5.41) is 17.4. The molecule has 1 atom stereocenters. The Balaban J connectivity index is 1.69. The van der Waals surface area contributed by atoms with Gasteiger partial charge in [-0.15, -0.1) is 5.10 Å². The zero-order valence-electron chi connectivity index (χ0n) is 14.6. The van der Waals surface area contributed by atoms with Gasteiger partial charge < -0.3 is 4.90 Å². The van der Waals surface area contributed by atoms with Gasteiger partial charge in [0.05, 0.1) is 17.3 Å². The van der Waals surface area contributed by atoms with E-state index in [1.165, 1.54) is 12.1 Å². The number of hydrogen-bond donors (Lipinski definition) is 0. The third-order valence-corrected chi connectivity index (χ3v) is 4.72. The molecule has 1 aliphatic heterocycles. The fourth-order valence-corrected chi connectivity index (χ4v) is 3.25. The average Bonchev–Trinajstić information content (AvgIpc) is 2.64. The zero-order valence-corrected chi connectivity index (χ0v) is 14.6. The quantitative estimate of drug-likeness (QED) is 0.857. The molecule has 0 unspecified atom stereocenters. The minimum absolute atomic E-state index is 0.261. The summed E-state index contributed by atoms with van der Waals surface area (Å²) in [6.07, 6.45) is 2.12. The number of aryl methyl sites for hydroxylation is 1. The summed E-state index contributed by atoms with van der Waals surface area (Å²) < 4.78 is 14.0. The molecule has 0 spiro atoms. The van der Waals surface area contributed by atoms with Crippen LogP contribution in [0.1, 0.15) is 29.7 Å². The monoisotopic (exact) mass is 339 g/mol. The maximum absolute atomic E-state index is 14.0. The zero-order chi connectivity index (χ0) is 17.8. The van der Waals surface area contributed by atoms with Crippen molar-refractivity contribution < 1.29 is 4.39 Å². The Hall–Kier alpha value is -2.52. The summed E-state index contributed by atoms with van der Waals surface area (Å²) in [4.78, 5) is 4.40. The van der Waals surface area contributed by atoms with Crippen LogP contribution in [0.4, 0.5) is 10.2 Å². The molecule has 1 fully saturated rings. The van der Waals surface area contributed by atoms with E-state index >= 15 is 0 Å². The predicted octanol–water partition coefficient (Wildman–Crippen LogP) is 2.90. The van der Waals surface area contributed by atoms with Gasteiger partial charge in [-0.2, -0.15) is 10.4 Å². The third-order valence-electron chi connectivity index (χ3n) is 4.72. The molecule has 3 rings (SSSR count). The van der Waals surface area contributed by atoms with Crippen LogP contribution in [0.2, 0.25) is 0 Å². The van der Waals surface area contributed by atoms with E-state index in [0.29, 0.717) is 23.7 Å². The number of likely N-dealkylation sites (N-methyl/N-ethyl adjacent to an activating group) is 1. The number of hydrogen-bond acceptors (Lipinski definition) is 5. The molecule has 1 saturated heterocycles. The maximum atomic E-state index is 14.0. The fourth-order valence-electron chi connectivity index (χ4n) is 3.25. The van der Waals surface area contributed by atoms with E-state index in [1.54, 1.807) is 6.07 Å². The number of nitrogens with zero attached hydrogens (tertiary/aromatic N) is 5. The molecule has 2 heterocycles. The van der Waals surface area contributed by atoms with Gasteiger partial charge in [0.15, 0.2) is 5.82 Å². The van der Waals surface area contributed by atoms with Gasteiger partial charge in [0, 0.05) is 31.2 Å². The van der Waals surface area contributed by atoms with Crippen molar-refractivity contribution in [2.75, 3.05) is 25.0 Å². The molecule has 5 nitrogen and oxygen atoms in total. The highest BCUT2D eigenvalue weighted by Gasteiger charge is 2.24. The molecular formula is C19H22FN5. The van der Waals surface area contributed by atoms with Crippen molar-refractivity contribution in [3.63, 3.8) is 0 Å². The third kappa shape index (κ3) is 4.12. The molecule has 6 heteroatoms. The molecule has 1 aliphatic rings. The Morgan fingerprint density at radius 2 is 2.16 bits per heavy atom. The van der Waals surface area contributed by atoms with Crippen LogP contribution in [0, 0.1) is 24.1 Å². The van der Waals surface area contributed by atoms with E-state index in [0.717, 1.165) is 37.4 Å². The van der Waals surface area contributed by atoms with Gasteiger partial charge in [-0.3, -0.25) is 4.90 Å². The van der Waals surface area contributed by atoms with Gasteiger partial charge >= 0.3 is 0 Å². The second-order valence-corrected chi connectivity index (χ2v) is 6.61. The minimum Gasteiger partial charge on any atom is -0.354 e. The van der Waals surface area contributed by atoms with E-state index in [9.17, 15) is 4.39 Å². The standard InChI is InChI=1S/C19H22FN5/c1-14-5-8-19(23-22-14)25-9-3-4-17(13-25)24(2)12-16-10-15(11-21)6-7-18(16)20/h5-8,10,17H,3-4,9,12-13H2,1-2H3/t17-/m1/s1. The first kappa shape index (κ1) is 17.3. The lowest BCUT2D eigenvalue weighted by Gasteiger charge is -2.38. The first-order valence-electron chi connectivity index (χ1n) is 8.51. The van der Waals surface area contributed by atoms with Gasteiger partial charge in [-0.1, -0.05) is 0 Å². The molecule has 1 aromatic carbocycles. The van der Waals surface area contributed by atoms with E-state index in [2.05, 4.69) is 26.1 Å². The van der Waals surface area contributed by atoms with Crippen molar-refractivity contribution in [3.8, 4) is 6.07 Å². The van der Waals surface area contributed by atoms with Crippen molar-refractivity contribution in [2.24, 2.45) is 0 Å². The summed E-state index contributed by atoms with van der Waals surface area (Å²) in [5.74, 6) is 0.629. The van der Waals surface area contributed by atoms with Crippen molar-refractivity contribution in [2.45, 2.75) is 32.4 Å². The van der Waals surface area contributed by atoms with Crippen LogP contribution < -0.4 is 4.90 Å². The molecule has 130 valence electrons. The summed E-state index contributed by atoms with van der Waals surface area (Å²) in [6.45, 7) is 4.21. The molecule has 0 bridgehead atoms. The Kier molecular flexibility index (Phi) is 5.25. The number of benzene rings is 1. The normalized spacial score (nSPS) is 17.6. The second kappa shape index (κ2) is 7.58. The van der Waals surface area contributed by atoms with E-state index < -0.39 is 0 Å². The average molecular weight is 339 g/mol. The first-order chi connectivity index (χ1) is 12.1. The van der Waals surface area contributed by atoms with Gasteiger partial charge in [-0.25, -0.2) is 4.39 Å². The van der Waals surface area contributed by atoms with Gasteiger partial charge in [0.2, 0.25) is 0 Å². The first-order valence-corrected chi connectivity index (χ1v) is 8.51. The summed E-state index contributed by atoms with van der Waals surface area (Å²) in [5.41, 5.74) is 1.96. The van der Waals surface area contributed by atoms with E-state index in [4.69, 9.17) is 5.26 Å². The number of aromatic nitrogens is 2. The lowest BCUT2D eigenvalue weighted by atomic mass is 10.0. The largest absolute Gasteiger partial charge is 0.354 e. The fraction of sp³-hybridized carbons (Fsp3) is 0.421. The molecule has 2 aromatic rings. The lowest BCUT2D eigenvalue weighted by Crippen LogP contribution is -2.46. The summed E-state index contributed by atoms with van der Waals surface area (Å²) >= 11 is 0. The number of anilines is 1. The van der Waals surface area contributed by atoms with Crippen LogP contribution in [0.15, 0.2) is 30.3 Å². The Bertz CT molecular complexity index is 768. The molecule has 0 amide bonds. The van der Waals surface area contributed by atoms with Crippen LogP contribution in [0.3, 0.4) is 0 Å². The van der Waals surface area contributed by atoms with E-state index in [-0.39, 0.29) is 5.82 Å². The van der Waals surface area contributed by atoms with Crippen LogP contribution in [-0.2, 0) is 6.54 Å². The van der Waals surface area contributed by atoms with E-state index in [1.807, 2.05) is 26.1 Å². The minimum atomic E-state index is -0.261. The molecular weight excluding hydrogens is 317 g/mol. The molecule has 0 N–H and O–H groups in total. The topological polar surface area (TPSA) is 56.0 Å². The molecule has 1 aromatic heterocycles. The van der Waals surface area contributed by atoms with Gasteiger partial charge in [-0.05, 0) is 57.1 Å². The molecule has 0 saturated carbocycles. The van der Waals surface area contributed by atoms with Crippen LogP contribution >= 0.6 is 0 Å². The highest BCUT2D eigenvalue weighted by atomic mass is 19.1. The van der Waals surface area contributed by atoms with Crippen molar-refractivity contribution in [1.29, 1.82) is 5.26 Å². The maximum Gasteiger partial charge on any atom is 0.151 e.